The molecule has 0 aliphatic carbocycles. The molecule has 6 heteroatoms. The Morgan fingerprint density at radius 1 is 1.13 bits per heavy atom. The van der Waals surface area contributed by atoms with Crippen molar-refractivity contribution in [3.63, 3.8) is 0 Å². The number of carbonyl (C=O) groups excluding carboxylic acids is 2. The van der Waals surface area contributed by atoms with Crippen LogP contribution in [-0.4, -0.2) is 32.7 Å². The molecule has 1 aromatic rings. The van der Waals surface area contributed by atoms with E-state index in [1.54, 1.807) is 44.6 Å². The van der Waals surface area contributed by atoms with Crippen LogP contribution in [0.4, 0.5) is 0 Å². The molecule has 0 heterocycles. The molecule has 1 aromatic carbocycles. The minimum atomic E-state index is -0.565. The topological polar surface area (TPSA) is 73.9 Å². The highest BCUT2D eigenvalue weighted by Crippen LogP contribution is 2.27. The number of allylic oxidation sites excluding steroid dienone is 3. The van der Waals surface area contributed by atoms with Crippen LogP contribution in [0.25, 0.3) is 0 Å². The Kier molecular flexibility index (Phi) is 7.99. The summed E-state index contributed by atoms with van der Waals surface area (Å²) in [6.45, 7) is 1.80. The third kappa shape index (κ3) is 6.69. The van der Waals surface area contributed by atoms with E-state index in [0.29, 0.717) is 18.0 Å². The first-order valence-electron chi connectivity index (χ1n) is 7.04. The van der Waals surface area contributed by atoms with E-state index in [1.165, 1.54) is 6.08 Å². The standard InChI is InChI=1S/C17H21NO5/c1-4-5-6-7-17(20)23-12-16(19)18-11-13-8-9-14(21-2)15(10-13)22-3/h4-10H,11-12H2,1-3H3,(H,18,19). The predicted molar refractivity (Wildman–Crippen MR) is 86.3 cm³/mol. The Hall–Kier alpha value is -2.76. The van der Waals surface area contributed by atoms with E-state index < -0.39 is 5.97 Å². The van der Waals surface area contributed by atoms with Crippen molar-refractivity contribution in [2.45, 2.75) is 13.5 Å². The van der Waals surface area contributed by atoms with Gasteiger partial charge in [0, 0.05) is 12.6 Å². The Morgan fingerprint density at radius 2 is 1.87 bits per heavy atom. The van der Waals surface area contributed by atoms with E-state index in [-0.39, 0.29) is 12.5 Å². The number of esters is 1. The van der Waals surface area contributed by atoms with Gasteiger partial charge in [0.25, 0.3) is 5.91 Å². The molecule has 0 saturated heterocycles. The number of rotatable bonds is 8. The molecule has 1 rings (SSSR count). The lowest BCUT2D eigenvalue weighted by Gasteiger charge is -2.10. The fourth-order valence-electron chi connectivity index (χ4n) is 1.67. The van der Waals surface area contributed by atoms with Crippen molar-refractivity contribution >= 4 is 11.9 Å². The van der Waals surface area contributed by atoms with E-state index in [2.05, 4.69) is 5.32 Å². The molecule has 0 aliphatic heterocycles. The third-order valence-corrected chi connectivity index (χ3v) is 2.82. The maximum atomic E-state index is 11.6. The highest BCUT2D eigenvalue weighted by Gasteiger charge is 2.07. The number of nitrogens with one attached hydrogen (secondary N) is 1. The fraction of sp³-hybridized carbons (Fsp3) is 0.294. The summed E-state index contributed by atoms with van der Waals surface area (Å²) < 4.78 is 15.1. The predicted octanol–water partition coefficient (Wildman–Crippen LogP) is 2.00. The SMILES string of the molecule is CC=CC=CC(=O)OCC(=O)NCc1ccc(OC)c(OC)c1. The molecule has 0 aromatic heterocycles. The van der Waals surface area contributed by atoms with Crippen LogP contribution in [0.15, 0.2) is 42.5 Å². The highest BCUT2D eigenvalue weighted by atomic mass is 16.5. The van der Waals surface area contributed by atoms with Crippen LogP contribution >= 0.6 is 0 Å². The van der Waals surface area contributed by atoms with Gasteiger partial charge in [-0.25, -0.2) is 4.79 Å². The lowest BCUT2D eigenvalue weighted by molar-refractivity contribution is -0.143. The number of amides is 1. The van der Waals surface area contributed by atoms with E-state index in [4.69, 9.17) is 14.2 Å². The summed E-state index contributed by atoms with van der Waals surface area (Å²) in [5.41, 5.74) is 0.843. The van der Waals surface area contributed by atoms with E-state index >= 15 is 0 Å². The Morgan fingerprint density at radius 3 is 2.52 bits per heavy atom. The lowest BCUT2D eigenvalue weighted by Crippen LogP contribution is -2.28. The van der Waals surface area contributed by atoms with Gasteiger partial charge < -0.3 is 19.5 Å². The number of carbonyl (C=O) groups is 2. The second-order valence-electron chi connectivity index (χ2n) is 4.46. The first kappa shape index (κ1) is 18.3. The molecule has 6 nitrogen and oxygen atoms in total. The van der Waals surface area contributed by atoms with Gasteiger partial charge in [0.15, 0.2) is 18.1 Å². The van der Waals surface area contributed by atoms with Crippen LogP contribution in [0, 0.1) is 0 Å². The normalized spacial score (nSPS) is 10.7. The zero-order valence-electron chi connectivity index (χ0n) is 13.5. The van der Waals surface area contributed by atoms with Gasteiger partial charge in [0.05, 0.1) is 14.2 Å². The minimum Gasteiger partial charge on any atom is -0.493 e. The fourth-order valence-corrected chi connectivity index (χ4v) is 1.67. The van der Waals surface area contributed by atoms with Gasteiger partial charge in [0.2, 0.25) is 0 Å². The smallest absolute Gasteiger partial charge is 0.331 e. The van der Waals surface area contributed by atoms with Crippen LogP contribution < -0.4 is 14.8 Å². The maximum Gasteiger partial charge on any atom is 0.331 e. The van der Waals surface area contributed by atoms with E-state index in [1.807, 2.05) is 13.0 Å². The number of methoxy groups -OCH3 is 2. The summed E-state index contributed by atoms with van der Waals surface area (Å²) in [6.07, 6.45) is 6.27. The van der Waals surface area contributed by atoms with Crippen molar-refractivity contribution in [1.29, 1.82) is 0 Å². The average molecular weight is 319 g/mol. The summed E-state index contributed by atoms with van der Waals surface area (Å²) in [5.74, 6) is 0.251. The molecule has 0 fully saturated rings. The highest BCUT2D eigenvalue weighted by molar-refractivity contribution is 5.85. The van der Waals surface area contributed by atoms with Crippen LogP contribution in [0.3, 0.4) is 0 Å². The summed E-state index contributed by atoms with van der Waals surface area (Å²) >= 11 is 0. The van der Waals surface area contributed by atoms with Gasteiger partial charge in [-0.2, -0.15) is 0 Å². The Bertz CT molecular complexity index is 593. The number of benzene rings is 1. The van der Waals surface area contributed by atoms with Gasteiger partial charge in [-0.3, -0.25) is 4.79 Å². The van der Waals surface area contributed by atoms with Crippen LogP contribution in [0.5, 0.6) is 11.5 Å². The molecule has 0 bridgehead atoms. The maximum absolute atomic E-state index is 11.6. The van der Waals surface area contributed by atoms with Crippen LogP contribution in [0.1, 0.15) is 12.5 Å². The third-order valence-electron chi connectivity index (χ3n) is 2.82. The van der Waals surface area contributed by atoms with Crippen LogP contribution in [0.2, 0.25) is 0 Å². The van der Waals surface area contributed by atoms with E-state index in [9.17, 15) is 9.59 Å². The summed E-state index contributed by atoms with van der Waals surface area (Å²) in [5, 5.41) is 2.66. The first-order valence-corrected chi connectivity index (χ1v) is 7.04. The Labute approximate surface area is 135 Å². The second-order valence-corrected chi connectivity index (χ2v) is 4.46. The van der Waals surface area contributed by atoms with Crippen LogP contribution in [-0.2, 0) is 20.9 Å². The molecule has 1 N–H and O–H groups in total. The average Bonchev–Trinajstić information content (AvgIpc) is 2.58. The van der Waals surface area contributed by atoms with Crippen molar-refractivity contribution in [2.24, 2.45) is 0 Å². The molecule has 1 amide bonds. The summed E-state index contributed by atoms with van der Waals surface area (Å²) in [4.78, 5) is 22.9. The molecule has 0 atom stereocenters. The molecule has 0 radical (unpaired) electrons. The lowest BCUT2D eigenvalue weighted by atomic mass is 10.2. The molecule has 23 heavy (non-hydrogen) atoms. The number of hydrogen-bond donors (Lipinski definition) is 1. The van der Waals surface area contributed by atoms with E-state index in [0.717, 1.165) is 5.56 Å². The van der Waals surface area contributed by atoms with Crippen molar-refractivity contribution < 1.29 is 23.8 Å². The summed E-state index contributed by atoms with van der Waals surface area (Å²) in [6, 6.07) is 5.34. The quantitative estimate of drug-likeness (QED) is 0.451. The van der Waals surface area contributed by atoms with Crippen molar-refractivity contribution in [3.8, 4) is 11.5 Å². The molecule has 0 unspecified atom stereocenters. The van der Waals surface area contributed by atoms with Gasteiger partial charge >= 0.3 is 5.97 Å². The van der Waals surface area contributed by atoms with Gasteiger partial charge in [-0.05, 0) is 24.6 Å². The zero-order chi connectivity index (χ0) is 17.1. The molecular weight excluding hydrogens is 298 g/mol. The van der Waals surface area contributed by atoms with Gasteiger partial charge in [-0.15, -0.1) is 0 Å². The largest absolute Gasteiger partial charge is 0.493 e. The van der Waals surface area contributed by atoms with Crippen molar-refractivity contribution in [1.82, 2.24) is 5.32 Å². The zero-order valence-corrected chi connectivity index (χ0v) is 13.5. The second kappa shape index (κ2) is 10.0. The molecule has 0 spiro atoms. The molecule has 0 aliphatic rings. The molecular formula is C17H21NO5. The summed E-state index contributed by atoms with van der Waals surface area (Å²) in [7, 11) is 3.10. The first-order chi connectivity index (χ1) is 11.1. The number of ether oxygens (including phenoxy) is 3. The minimum absolute atomic E-state index is 0.297. The van der Waals surface area contributed by atoms with Gasteiger partial charge in [-0.1, -0.05) is 24.3 Å². The molecule has 124 valence electrons. The number of hydrogen-bond acceptors (Lipinski definition) is 5. The monoisotopic (exact) mass is 319 g/mol. The van der Waals surface area contributed by atoms with Gasteiger partial charge in [0.1, 0.15) is 0 Å². The Balaban J connectivity index is 2.43. The molecule has 0 saturated carbocycles. The van der Waals surface area contributed by atoms with Crippen molar-refractivity contribution in [2.75, 3.05) is 20.8 Å². The van der Waals surface area contributed by atoms with Crippen molar-refractivity contribution in [3.05, 3.63) is 48.1 Å².